The lowest BCUT2D eigenvalue weighted by molar-refractivity contribution is -0.122. The van der Waals surface area contributed by atoms with Gasteiger partial charge in [0.1, 0.15) is 5.75 Å². The van der Waals surface area contributed by atoms with Gasteiger partial charge in [-0.2, -0.15) is 0 Å². The van der Waals surface area contributed by atoms with Crippen LogP contribution in [0.2, 0.25) is 5.02 Å². The standard InChI is InChI=1S/C23H21ClN2O3/c1-15-14-19(10-13-21(15)26-23(28)17-6-4-3-5-7-17)25-22(27)16(2)29-20-11-8-18(24)9-12-20/h3-14,16H,1-2H3,(H,25,27)(H,26,28). The molecule has 6 heteroatoms. The first kappa shape index (κ1) is 20.4. The quantitative estimate of drug-likeness (QED) is 0.581. The van der Waals surface area contributed by atoms with Gasteiger partial charge in [0.25, 0.3) is 11.8 Å². The SMILES string of the molecule is Cc1cc(NC(=O)C(C)Oc2ccc(Cl)cc2)ccc1NC(=O)c1ccccc1. The summed E-state index contributed by atoms with van der Waals surface area (Å²) in [6.07, 6.45) is -0.686. The summed E-state index contributed by atoms with van der Waals surface area (Å²) in [5.41, 5.74) is 2.72. The zero-order chi connectivity index (χ0) is 20.8. The second kappa shape index (κ2) is 9.26. The second-order valence-corrected chi connectivity index (χ2v) is 6.99. The first-order valence-corrected chi connectivity index (χ1v) is 9.50. The molecule has 0 saturated carbocycles. The molecule has 0 aliphatic carbocycles. The average molecular weight is 409 g/mol. The summed E-state index contributed by atoms with van der Waals surface area (Å²) < 4.78 is 5.63. The Bertz CT molecular complexity index is 1000. The fraction of sp³-hybridized carbons (Fsp3) is 0.130. The Kier molecular flexibility index (Phi) is 6.52. The van der Waals surface area contributed by atoms with Crippen molar-refractivity contribution < 1.29 is 14.3 Å². The van der Waals surface area contributed by atoms with Crippen molar-refractivity contribution >= 4 is 34.8 Å². The zero-order valence-electron chi connectivity index (χ0n) is 16.1. The molecule has 0 spiro atoms. The van der Waals surface area contributed by atoms with E-state index < -0.39 is 6.10 Å². The Morgan fingerprint density at radius 2 is 1.62 bits per heavy atom. The fourth-order valence-corrected chi connectivity index (χ4v) is 2.81. The highest BCUT2D eigenvalue weighted by Gasteiger charge is 2.15. The lowest BCUT2D eigenvalue weighted by Crippen LogP contribution is -2.30. The molecule has 0 saturated heterocycles. The number of hydrogen-bond acceptors (Lipinski definition) is 3. The molecule has 0 heterocycles. The molecule has 148 valence electrons. The first-order chi connectivity index (χ1) is 13.9. The van der Waals surface area contributed by atoms with Crippen molar-refractivity contribution in [1.29, 1.82) is 0 Å². The minimum Gasteiger partial charge on any atom is -0.481 e. The van der Waals surface area contributed by atoms with Gasteiger partial charge in [0.15, 0.2) is 6.10 Å². The van der Waals surface area contributed by atoms with E-state index in [2.05, 4.69) is 10.6 Å². The van der Waals surface area contributed by atoms with Crippen LogP contribution in [0.3, 0.4) is 0 Å². The minimum atomic E-state index is -0.686. The zero-order valence-corrected chi connectivity index (χ0v) is 16.9. The van der Waals surface area contributed by atoms with Gasteiger partial charge in [-0.3, -0.25) is 9.59 Å². The van der Waals surface area contributed by atoms with Gasteiger partial charge in [0.2, 0.25) is 0 Å². The summed E-state index contributed by atoms with van der Waals surface area (Å²) in [7, 11) is 0. The number of rotatable bonds is 6. The molecule has 0 aliphatic rings. The van der Waals surface area contributed by atoms with Crippen LogP contribution in [-0.4, -0.2) is 17.9 Å². The number of hydrogen-bond donors (Lipinski definition) is 2. The minimum absolute atomic E-state index is 0.185. The van der Waals surface area contributed by atoms with Gasteiger partial charge in [-0.1, -0.05) is 29.8 Å². The lowest BCUT2D eigenvalue weighted by atomic mass is 10.1. The highest BCUT2D eigenvalue weighted by molar-refractivity contribution is 6.30. The van der Waals surface area contributed by atoms with Crippen molar-refractivity contribution in [1.82, 2.24) is 0 Å². The highest BCUT2D eigenvalue weighted by atomic mass is 35.5. The van der Waals surface area contributed by atoms with Crippen molar-refractivity contribution in [3.63, 3.8) is 0 Å². The van der Waals surface area contributed by atoms with E-state index in [0.29, 0.717) is 27.7 Å². The number of amides is 2. The third-order valence-electron chi connectivity index (χ3n) is 4.27. The van der Waals surface area contributed by atoms with Crippen LogP contribution in [0.5, 0.6) is 5.75 Å². The van der Waals surface area contributed by atoms with E-state index in [4.69, 9.17) is 16.3 Å². The van der Waals surface area contributed by atoms with Gasteiger partial charge in [0, 0.05) is 22.0 Å². The van der Waals surface area contributed by atoms with Gasteiger partial charge in [-0.05, 0) is 74.0 Å². The summed E-state index contributed by atoms with van der Waals surface area (Å²) in [5, 5.41) is 6.30. The normalized spacial score (nSPS) is 11.4. The van der Waals surface area contributed by atoms with Crippen molar-refractivity contribution in [2.24, 2.45) is 0 Å². The number of nitrogens with one attached hydrogen (secondary N) is 2. The average Bonchev–Trinajstić information content (AvgIpc) is 2.72. The predicted octanol–water partition coefficient (Wildman–Crippen LogP) is 5.31. The topological polar surface area (TPSA) is 67.4 Å². The lowest BCUT2D eigenvalue weighted by Gasteiger charge is -2.16. The summed E-state index contributed by atoms with van der Waals surface area (Å²) in [6, 6.07) is 21.1. The Hall–Kier alpha value is -3.31. The largest absolute Gasteiger partial charge is 0.481 e. The molecule has 2 N–H and O–H groups in total. The highest BCUT2D eigenvalue weighted by Crippen LogP contribution is 2.21. The van der Waals surface area contributed by atoms with Crippen LogP contribution >= 0.6 is 11.6 Å². The van der Waals surface area contributed by atoms with E-state index in [0.717, 1.165) is 5.56 Å². The molecule has 2 amide bonds. The molecule has 0 radical (unpaired) electrons. The molecule has 3 rings (SSSR count). The molecule has 0 aliphatic heterocycles. The van der Waals surface area contributed by atoms with Crippen molar-refractivity contribution in [3.05, 3.63) is 88.9 Å². The molecule has 3 aromatic rings. The van der Waals surface area contributed by atoms with Crippen LogP contribution in [0.1, 0.15) is 22.8 Å². The van der Waals surface area contributed by atoms with Crippen LogP contribution in [-0.2, 0) is 4.79 Å². The summed E-state index contributed by atoms with van der Waals surface area (Å²) in [5.74, 6) is 0.100. The molecule has 0 aromatic heterocycles. The number of carbonyl (C=O) groups is 2. The van der Waals surface area contributed by atoms with Crippen LogP contribution in [0.25, 0.3) is 0 Å². The summed E-state index contributed by atoms with van der Waals surface area (Å²) in [6.45, 7) is 3.54. The van der Waals surface area contributed by atoms with Crippen molar-refractivity contribution in [2.75, 3.05) is 10.6 Å². The molecule has 5 nitrogen and oxygen atoms in total. The van der Waals surface area contributed by atoms with E-state index in [1.54, 1.807) is 61.5 Å². The van der Waals surface area contributed by atoms with Gasteiger partial charge in [0.05, 0.1) is 0 Å². The van der Waals surface area contributed by atoms with Crippen molar-refractivity contribution in [2.45, 2.75) is 20.0 Å². The third kappa shape index (κ3) is 5.59. The molecule has 0 bridgehead atoms. The van der Waals surface area contributed by atoms with E-state index >= 15 is 0 Å². The Balaban J connectivity index is 1.61. The molecule has 1 unspecified atom stereocenters. The molecule has 29 heavy (non-hydrogen) atoms. The maximum absolute atomic E-state index is 12.4. The van der Waals surface area contributed by atoms with E-state index in [9.17, 15) is 9.59 Å². The van der Waals surface area contributed by atoms with Crippen LogP contribution in [0.15, 0.2) is 72.8 Å². The fourth-order valence-electron chi connectivity index (χ4n) is 2.68. The molecule has 0 fully saturated rings. The van der Waals surface area contributed by atoms with Crippen LogP contribution < -0.4 is 15.4 Å². The first-order valence-electron chi connectivity index (χ1n) is 9.12. The number of benzene rings is 3. The number of anilines is 2. The smallest absolute Gasteiger partial charge is 0.265 e. The van der Waals surface area contributed by atoms with Gasteiger partial charge < -0.3 is 15.4 Å². The van der Waals surface area contributed by atoms with Gasteiger partial charge in [-0.15, -0.1) is 0 Å². The van der Waals surface area contributed by atoms with E-state index in [-0.39, 0.29) is 11.8 Å². The third-order valence-corrected chi connectivity index (χ3v) is 4.53. The van der Waals surface area contributed by atoms with Crippen molar-refractivity contribution in [3.8, 4) is 5.75 Å². The predicted molar refractivity (Wildman–Crippen MR) is 116 cm³/mol. The van der Waals surface area contributed by atoms with Gasteiger partial charge in [-0.25, -0.2) is 0 Å². The van der Waals surface area contributed by atoms with E-state index in [1.165, 1.54) is 0 Å². The number of carbonyl (C=O) groups excluding carboxylic acids is 2. The molecular weight excluding hydrogens is 388 g/mol. The summed E-state index contributed by atoms with van der Waals surface area (Å²) in [4.78, 5) is 24.7. The maximum Gasteiger partial charge on any atom is 0.265 e. The number of aryl methyl sites for hydroxylation is 1. The second-order valence-electron chi connectivity index (χ2n) is 6.55. The summed E-state index contributed by atoms with van der Waals surface area (Å²) >= 11 is 5.85. The number of ether oxygens (including phenoxy) is 1. The van der Waals surface area contributed by atoms with Gasteiger partial charge >= 0.3 is 0 Å². The monoisotopic (exact) mass is 408 g/mol. The molecular formula is C23H21ClN2O3. The maximum atomic E-state index is 12.4. The Morgan fingerprint density at radius 3 is 2.28 bits per heavy atom. The van der Waals surface area contributed by atoms with Crippen LogP contribution in [0.4, 0.5) is 11.4 Å². The van der Waals surface area contributed by atoms with Crippen LogP contribution in [0, 0.1) is 6.92 Å². The molecule has 1 atom stereocenters. The number of halogens is 1. The van der Waals surface area contributed by atoms with E-state index in [1.807, 2.05) is 25.1 Å². The Labute approximate surface area is 174 Å². The Morgan fingerprint density at radius 1 is 0.931 bits per heavy atom. The molecule has 3 aromatic carbocycles.